The van der Waals surface area contributed by atoms with Gasteiger partial charge in [0.15, 0.2) is 0 Å². The van der Waals surface area contributed by atoms with Crippen molar-refractivity contribution in [1.82, 2.24) is 10.4 Å². The third-order valence-electron chi connectivity index (χ3n) is 2.69. The summed E-state index contributed by atoms with van der Waals surface area (Å²) in [5.74, 6) is 5.19. The van der Waals surface area contributed by atoms with Crippen LogP contribution < -0.4 is 11.3 Å². The molecule has 18 heavy (non-hydrogen) atoms. The summed E-state index contributed by atoms with van der Waals surface area (Å²) in [5.41, 5.74) is 4.54. The van der Waals surface area contributed by atoms with Crippen molar-refractivity contribution in [2.24, 2.45) is 5.84 Å². The Hall–Kier alpha value is -1.30. The minimum Gasteiger partial charge on any atom is -0.271 e. The zero-order valence-corrected chi connectivity index (χ0v) is 11.2. The second-order valence-corrected chi connectivity index (χ2v) is 4.77. The van der Waals surface area contributed by atoms with Gasteiger partial charge in [-0.15, -0.1) is 0 Å². The zero-order chi connectivity index (χ0) is 13.0. The van der Waals surface area contributed by atoms with Crippen LogP contribution in [0.15, 0.2) is 47.1 Å². The standard InChI is InChI=1S/C13H13BrFN3/c14-11-4-2-1-3-9(11)7-13(18-16)12-6-5-10(15)8-17-12/h1-6,8,13,18H,7,16H2. The number of nitrogens with zero attached hydrogens (tertiary/aromatic N) is 1. The summed E-state index contributed by atoms with van der Waals surface area (Å²) in [7, 11) is 0. The van der Waals surface area contributed by atoms with Crippen molar-refractivity contribution < 1.29 is 4.39 Å². The Labute approximate surface area is 113 Å². The van der Waals surface area contributed by atoms with Crippen molar-refractivity contribution in [2.75, 3.05) is 0 Å². The molecule has 0 amide bonds. The summed E-state index contributed by atoms with van der Waals surface area (Å²) >= 11 is 3.49. The first-order chi connectivity index (χ1) is 8.70. The molecule has 1 heterocycles. The van der Waals surface area contributed by atoms with Crippen molar-refractivity contribution in [2.45, 2.75) is 12.5 Å². The van der Waals surface area contributed by atoms with Gasteiger partial charge in [-0.05, 0) is 30.2 Å². The molecule has 3 N–H and O–H groups in total. The molecule has 94 valence electrons. The molecule has 2 rings (SSSR count). The van der Waals surface area contributed by atoms with Crippen LogP contribution in [-0.4, -0.2) is 4.98 Å². The van der Waals surface area contributed by atoms with Crippen LogP contribution in [0.4, 0.5) is 4.39 Å². The molecule has 5 heteroatoms. The van der Waals surface area contributed by atoms with Gasteiger partial charge in [0, 0.05) is 4.47 Å². The van der Waals surface area contributed by atoms with Gasteiger partial charge in [-0.1, -0.05) is 34.1 Å². The fourth-order valence-corrected chi connectivity index (χ4v) is 2.17. The predicted octanol–water partition coefficient (Wildman–Crippen LogP) is 2.73. The minimum atomic E-state index is -0.351. The number of pyridine rings is 1. The van der Waals surface area contributed by atoms with Gasteiger partial charge in [-0.25, -0.2) is 4.39 Å². The molecule has 0 saturated carbocycles. The summed E-state index contributed by atoms with van der Waals surface area (Å²) < 4.78 is 13.8. The Morgan fingerprint density at radius 2 is 2.06 bits per heavy atom. The molecule has 0 aliphatic carbocycles. The first-order valence-corrected chi connectivity index (χ1v) is 6.31. The number of nitrogens with two attached hydrogens (primary N) is 1. The Balaban J connectivity index is 2.20. The van der Waals surface area contributed by atoms with E-state index in [4.69, 9.17) is 5.84 Å². The van der Waals surface area contributed by atoms with Crippen LogP contribution in [0.5, 0.6) is 0 Å². The van der Waals surface area contributed by atoms with E-state index >= 15 is 0 Å². The van der Waals surface area contributed by atoms with E-state index in [1.165, 1.54) is 12.3 Å². The molecular weight excluding hydrogens is 297 g/mol. The summed E-state index contributed by atoms with van der Waals surface area (Å²) in [6.45, 7) is 0. The maximum absolute atomic E-state index is 12.8. The van der Waals surface area contributed by atoms with Crippen LogP contribution in [0.1, 0.15) is 17.3 Å². The maximum Gasteiger partial charge on any atom is 0.141 e. The molecule has 0 fully saturated rings. The Morgan fingerprint density at radius 1 is 1.28 bits per heavy atom. The summed E-state index contributed by atoms with van der Waals surface area (Å²) in [6.07, 6.45) is 1.87. The smallest absolute Gasteiger partial charge is 0.141 e. The third-order valence-corrected chi connectivity index (χ3v) is 3.46. The van der Waals surface area contributed by atoms with E-state index in [0.717, 1.165) is 15.7 Å². The van der Waals surface area contributed by atoms with Gasteiger partial charge >= 0.3 is 0 Å². The maximum atomic E-state index is 12.8. The lowest BCUT2D eigenvalue weighted by atomic mass is 10.0. The van der Waals surface area contributed by atoms with Crippen molar-refractivity contribution in [3.05, 3.63) is 64.1 Å². The molecule has 0 aliphatic heterocycles. The topological polar surface area (TPSA) is 50.9 Å². The molecule has 1 aromatic carbocycles. The zero-order valence-electron chi connectivity index (χ0n) is 9.61. The average molecular weight is 310 g/mol. The van der Waals surface area contributed by atoms with Gasteiger partial charge in [-0.3, -0.25) is 16.3 Å². The lowest BCUT2D eigenvalue weighted by molar-refractivity contribution is 0.532. The number of aromatic nitrogens is 1. The normalized spacial score (nSPS) is 12.4. The van der Waals surface area contributed by atoms with Crippen LogP contribution >= 0.6 is 15.9 Å². The van der Waals surface area contributed by atoms with E-state index in [1.807, 2.05) is 24.3 Å². The largest absolute Gasteiger partial charge is 0.271 e. The molecule has 0 saturated heterocycles. The first-order valence-electron chi connectivity index (χ1n) is 5.51. The van der Waals surface area contributed by atoms with Crippen LogP contribution in [0.25, 0.3) is 0 Å². The van der Waals surface area contributed by atoms with Gasteiger partial charge in [0.1, 0.15) is 5.82 Å². The number of rotatable bonds is 4. The molecule has 1 aromatic heterocycles. The third kappa shape index (κ3) is 3.13. The summed E-state index contributed by atoms with van der Waals surface area (Å²) in [6, 6.07) is 10.8. The van der Waals surface area contributed by atoms with Gasteiger partial charge in [0.25, 0.3) is 0 Å². The predicted molar refractivity (Wildman–Crippen MR) is 72.1 cm³/mol. The number of hydrogen-bond acceptors (Lipinski definition) is 3. The highest BCUT2D eigenvalue weighted by Crippen LogP contribution is 2.22. The molecule has 0 radical (unpaired) electrons. The fourth-order valence-electron chi connectivity index (χ4n) is 1.73. The number of nitrogens with one attached hydrogen (secondary N) is 1. The summed E-state index contributed by atoms with van der Waals surface area (Å²) in [5, 5.41) is 0. The fraction of sp³-hybridized carbons (Fsp3) is 0.154. The molecule has 0 bridgehead atoms. The van der Waals surface area contributed by atoms with E-state index in [1.54, 1.807) is 6.07 Å². The minimum absolute atomic E-state index is 0.149. The molecular formula is C13H13BrFN3. The molecule has 1 unspecified atom stereocenters. The van der Waals surface area contributed by atoms with Crippen LogP contribution in [0, 0.1) is 5.82 Å². The molecule has 0 aliphatic rings. The molecule has 0 spiro atoms. The van der Waals surface area contributed by atoms with Gasteiger partial charge in [-0.2, -0.15) is 0 Å². The van der Waals surface area contributed by atoms with Crippen LogP contribution in [-0.2, 0) is 6.42 Å². The van der Waals surface area contributed by atoms with Crippen LogP contribution in [0.2, 0.25) is 0 Å². The lowest BCUT2D eigenvalue weighted by Crippen LogP contribution is -2.30. The lowest BCUT2D eigenvalue weighted by Gasteiger charge is -2.16. The Morgan fingerprint density at radius 3 is 2.67 bits per heavy atom. The highest BCUT2D eigenvalue weighted by atomic mass is 79.9. The van der Waals surface area contributed by atoms with Crippen molar-refractivity contribution in [3.8, 4) is 0 Å². The van der Waals surface area contributed by atoms with E-state index in [-0.39, 0.29) is 11.9 Å². The molecule has 1 atom stereocenters. The summed E-state index contributed by atoms with van der Waals surface area (Å²) in [4.78, 5) is 4.04. The highest BCUT2D eigenvalue weighted by molar-refractivity contribution is 9.10. The number of hydrazine groups is 1. The number of hydrogen-bond donors (Lipinski definition) is 2. The van der Waals surface area contributed by atoms with Crippen molar-refractivity contribution >= 4 is 15.9 Å². The van der Waals surface area contributed by atoms with Crippen molar-refractivity contribution in [3.63, 3.8) is 0 Å². The van der Waals surface area contributed by atoms with E-state index < -0.39 is 0 Å². The van der Waals surface area contributed by atoms with Gasteiger partial charge in [0.2, 0.25) is 0 Å². The Bertz CT molecular complexity index is 516. The second kappa shape index (κ2) is 6.04. The van der Waals surface area contributed by atoms with Gasteiger partial charge < -0.3 is 0 Å². The number of halogens is 2. The quantitative estimate of drug-likeness (QED) is 0.674. The molecule has 3 nitrogen and oxygen atoms in total. The first kappa shape index (κ1) is 13.1. The highest BCUT2D eigenvalue weighted by Gasteiger charge is 2.13. The second-order valence-electron chi connectivity index (χ2n) is 3.92. The average Bonchev–Trinajstić information content (AvgIpc) is 2.39. The number of benzene rings is 1. The van der Waals surface area contributed by atoms with E-state index in [2.05, 4.69) is 26.3 Å². The monoisotopic (exact) mass is 309 g/mol. The van der Waals surface area contributed by atoms with Crippen molar-refractivity contribution in [1.29, 1.82) is 0 Å². The molecule has 2 aromatic rings. The SMILES string of the molecule is NNC(Cc1ccccc1Br)c1ccc(F)cn1. The van der Waals surface area contributed by atoms with E-state index in [0.29, 0.717) is 6.42 Å². The van der Waals surface area contributed by atoms with Crippen LogP contribution in [0.3, 0.4) is 0 Å². The van der Waals surface area contributed by atoms with Gasteiger partial charge in [0.05, 0.1) is 17.9 Å². The van der Waals surface area contributed by atoms with E-state index in [9.17, 15) is 4.39 Å². The Kier molecular flexibility index (Phi) is 4.41.